The lowest BCUT2D eigenvalue weighted by molar-refractivity contribution is 0.244. The van der Waals surface area contributed by atoms with E-state index in [0.717, 1.165) is 18.0 Å². The maximum Gasteiger partial charge on any atom is 0.322 e. The summed E-state index contributed by atoms with van der Waals surface area (Å²) in [5.74, 6) is 1.86. The minimum Gasteiger partial charge on any atom is -0.497 e. The van der Waals surface area contributed by atoms with Crippen LogP contribution in [-0.4, -0.2) is 25.2 Å². The van der Waals surface area contributed by atoms with Gasteiger partial charge in [0.05, 0.1) is 12.6 Å². The van der Waals surface area contributed by atoms with E-state index in [-0.39, 0.29) is 11.6 Å². The van der Waals surface area contributed by atoms with Gasteiger partial charge in [0.2, 0.25) is 0 Å². The van der Waals surface area contributed by atoms with Crippen LogP contribution in [-0.2, 0) is 0 Å². The topological polar surface area (TPSA) is 41.6 Å². The van der Waals surface area contributed by atoms with Gasteiger partial charge in [0, 0.05) is 12.2 Å². The molecule has 2 amide bonds. The van der Waals surface area contributed by atoms with Gasteiger partial charge in [-0.3, -0.25) is 4.90 Å². The lowest BCUT2D eigenvalue weighted by Crippen LogP contribution is -2.53. The molecule has 2 fully saturated rings. The molecule has 1 saturated carbocycles. The normalized spacial score (nSPS) is 26.0. The van der Waals surface area contributed by atoms with Crippen LogP contribution < -0.4 is 15.0 Å². The first-order chi connectivity index (χ1) is 9.59. The van der Waals surface area contributed by atoms with Gasteiger partial charge in [0.25, 0.3) is 0 Å². The summed E-state index contributed by atoms with van der Waals surface area (Å²) in [6, 6.07) is 7.81. The number of carbonyl (C=O) groups is 1. The summed E-state index contributed by atoms with van der Waals surface area (Å²) < 4.78 is 5.20. The summed E-state index contributed by atoms with van der Waals surface area (Å²) in [6.45, 7) is 5.18. The van der Waals surface area contributed by atoms with Gasteiger partial charge in [-0.1, -0.05) is 13.8 Å². The van der Waals surface area contributed by atoms with Gasteiger partial charge in [0.1, 0.15) is 5.75 Å². The Balaban J connectivity index is 2.00. The minimum absolute atomic E-state index is 0.0239. The van der Waals surface area contributed by atoms with Gasteiger partial charge in [-0.2, -0.15) is 0 Å². The van der Waals surface area contributed by atoms with E-state index in [9.17, 15) is 4.79 Å². The molecule has 1 aromatic carbocycles. The molecule has 0 aromatic heterocycles. The molecule has 1 aliphatic heterocycles. The Kier molecular flexibility index (Phi) is 3.11. The van der Waals surface area contributed by atoms with Gasteiger partial charge in [-0.25, -0.2) is 4.79 Å². The average molecular weight is 274 g/mol. The van der Waals surface area contributed by atoms with Gasteiger partial charge >= 0.3 is 6.03 Å². The molecule has 4 heteroatoms. The molecule has 1 aliphatic carbocycles. The van der Waals surface area contributed by atoms with Crippen molar-refractivity contribution in [1.29, 1.82) is 0 Å². The van der Waals surface area contributed by atoms with E-state index in [1.54, 1.807) is 7.11 Å². The number of methoxy groups -OCH3 is 1. The van der Waals surface area contributed by atoms with Gasteiger partial charge < -0.3 is 10.1 Å². The molecule has 0 bridgehead atoms. The molecule has 1 unspecified atom stereocenters. The van der Waals surface area contributed by atoms with Crippen molar-refractivity contribution in [2.24, 2.45) is 11.8 Å². The third-order valence-corrected chi connectivity index (χ3v) is 4.76. The quantitative estimate of drug-likeness (QED) is 0.917. The number of carbonyl (C=O) groups excluding carboxylic acids is 1. The summed E-state index contributed by atoms with van der Waals surface area (Å²) in [7, 11) is 1.65. The highest BCUT2D eigenvalue weighted by Gasteiger charge is 2.56. The predicted molar refractivity (Wildman–Crippen MR) is 79.2 cm³/mol. The molecule has 0 spiro atoms. The molecule has 3 rings (SSSR count). The Hall–Kier alpha value is -1.71. The summed E-state index contributed by atoms with van der Waals surface area (Å²) in [6.07, 6.45) is 2.44. The molecule has 1 aromatic rings. The first-order valence-electron chi connectivity index (χ1n) is 7.31. The number of nitrogens with zero attached hydrogens (tertiary/aromatic N) is 1. The second-order valence-electron chi connectivity index (χ2n) is 6.11. The van der Waals surface area contributed by atoms with E-state index in [4.69, 9.17) is 4.74 Å². The maximum absolute atomic E-state index is 12.4. The Labute approximate surface area is 120 Å². The molecule has 1 heterocycles. The first-order valence-corrected chi connectivity index (χ1v) is 7.31. The lowest BCUT2D eigenvalue weighted by Gasteiger charge is -2.41. The van der Waals surface area contributed by atoms with E-state index >= 15 is 0 Å². The van der Waals surface area contributed by atoms with Crippen molar-refractivity contribution in [2.45, 2.75) is 32.2 Å². The maximum atomic E-state index is 12.4. The molecule has 20 heavy (non-hydrogen) atoms. The summed E-state index contributed by atoms with van der Waals surface area (Å²) in [5.41, 5.74) is 0.882. The Bertz CT molecular complexity index is 504. The molecule has 1 N–H and O–H groups in total. The van der Waals surface area contributed by atoms with Crippen molar-refractivity contribution >= 4 is 11.7 Å². The highest BCUT2D eigenvalue weighted by molar-refractivity contribution is 5.96. The molecular formula is C16H22N2O2. The number of rotatable bonds is 4. The highest BCUT2D eigenvalue weighted by atomic mass is 16.5. The fraction of sp³-hybridized carbons (Fsp3) is 0.562. The van der Waals surface area contributed by atoms with E-state index in [2.05, 4.69) is 19.2 Å². The third-order valence-electron chi connectivity index (χ3n) is 4.76. The molecule has 2 aliphatic rings. The zero-order valence-electron chi connectivity index (χ0n) is 12.3. The molecule has 1 atom stereocenters. The SMILES string of the molecule is COc1ccc(N2C(=O)NCC2(C(C)C)C2CC2)cc1. The van der Waals surface area contributed by atoms with Crippen LogP contribution in [0.15, 0.2) is 24.3 Å². The van der Waals surface area contributed by atoms with Crippen LogP contribution in [0.1, 0.15) is 26.7 Å². The Morgan fingerprint density at radius 1 is 1.30 bits per heavy atom. The van der Waals surface area contributed by atoms with Crippen molar-refractivity contribution in [3.05, 3.63) is 24.3 Å². The van der Waals surface area contributed by atoms with Crippen LogP contribution in [0, 0.1) is 11.8 Å². The number of ether oxygens (including phenoxy) is 1. The first kappa shape index (κ1) is 13.3. The second kappa shape index (κ2) is 4.69. The summed E-state index contributed by atoms with van der Waals surface area (Å²) >= 11 is 0. The highest BCUT2D eigenvalue weighted by Crippen LogP contribution is 2.50. The Morgan fingerprint density at radius 3 is 2.45 bits per heavy atom. The zero-order valence-corrected chi connectivity index (χ0v) is 12.3. The van der Waals surface area contributed by atoms with Crippen LogP contribution in [0.5, 0.6) is 5.75 Å². The van der Waals surface area contributed by atoms with Gasteiger partial charge in [-0.05, 0) is 48.9 Å². The number of amides is 2. The standard InChI is InChI=1S/C16H22N2O2/c1-11(2)16(12-4-5-12)10-17-15(19)18(16)13-6-8-14(20-3)9-7-13/h6-9,11-12H,4-5,10H2,1-3H3,(H,17,19). The number of urea groups is 1. The van der Waals surface area contributed by atoms with Crippen molar-refractivity contribution < 1.29 is 9.53 Å². The molecule has 1 saturated heterocycles. The van der Waals surface area contributed by atoms with Crippen LogP contribution in [0.4, 0.5) is 10.5 Å². The summed E-state index contributed by atoms with van der Waals surface area (Å²) in [5, 5.41) is 3.05. The van der Waals surface area contributed by atoms with Crippen molar-refractivity contribution in [1.82, 2.24) is 5.32 Å². The largest absolute Gasteiger partial charge is 0.497 e. The number of hydrogen-bond acceptors (Lipinski definition) is 2. The van der Waals surface area contributed by atoms with Crippen molar-refractivity contribution in [2.75, 3.05) is 18.6 Å². The summed E-state index contributed by atoms with van der Waals surface area (Å²) in [4.78, 5) is 14.3. The fourth-order valence-corrected chi connectivity index (χ4v) is 3.50. The van der Waals surface area contributed by atoms with Crippen molar-refractivity contribution in [3.63, 3.8) is 0 Å². The monoisotopic (exact) mass is 274 g/mol. The lowest BCUT2D eigenvalue weighted by atomic mass is 9.80. The van der Waals surface area contributed by atoms with Crippen molar-refractivity contribution in [3.8, 4) is 5.75 Å². The van der Waals surface area contributed by atoms with Crippen LogP contribution in [0.25, 0.3) is 0 Å². The van der Waals surface area contributed by atoms with Crippen LogP contribution in [0.2, 0.25) is 0 Å². The number of hydrogen-bond donors (Lipinski definition) is 1. The van der Waals surface area contributed by atoms with Crippen LogP contribution in [0.3, 0.4) is 0 Å². The minimum atomic E-state index is -0.0777. The number of anilines is 1. The van der Waals surface area contributed by atoms with Gasteiger partial charge in [-0.15, -0.1) is 0 Å². The zero-order chi connectivity index (χ0) is 14.3. The van der Waals surface area contributed by atoms with E-state index in [0.29, 0.717) is 11.8 Å². The van der Waals surface area contributed by atoms with E-state index in [1.165, 1.54) is 12.8 Å². The third kappa shape index (κ3) is 1.86. The number of benzene rings is 1. The molecule has 108 valence electrons. The molecular weight excluding hydrogens is 252 g/mol. The number of nitrogens with one attached hydrogen (secondary N) is 1. The smallest absolute Gasteiger partial charge is 0.322 e. The van der Waals surface area contributed by atoms with Gasteiger partial charge in [0.15, 0.2) is 0 Å². The second-order valence-corrected chi connectivity index (χ2v) is 6.11. The Morgan fingerprint density at radius 2 is 1.95 bits per heavy atom. The van der Waals surface area contributed by atoms with E-state index in [1.807, 2.05) is 29.2 Å². The fourth-order valence-electron chi connectivity index (χ4n) is 3.50. The average Bonchev–Trinajstić information content (AvgIpc) is 3.23. The molecule has 4 nitrogen and oxygen atoms in total. The predicted octanol–water partition coefficient (Wildman–Crippen LogP) is 3.03. The van der Waals surface area contributed by atoms with Crippen LogP contribution >= 0.6 is 0 Å². The molecule has 0 radical (unpaired) electrons. The van der Waals surface area contributed by atoms with E-state index < -0.39 is 0 Å².